The first-order valence-electron chi connectivity index (χ1n) is 9.29. The van der Waals surface area contributed by atoms with Gasteiger partial charge in [-0.1, -0.05) is 66.2 Å². The number of hydrogen-bond acceptors (Lipinski definition) is 3. The van der Waals surface area contributed by atoms with Gasteiger partial charge in [0.25, 0.3) is 5.91 Å². The zero-order chi connectivity index (χ0) is 20.0. The van der Waals surface area contributed by atoms with Crippen LogP contribution in [0.1, 0.15) is 33.3 Å². The van der Waals surface area contributed by atoms with Gasteiger partial charge in [-0.3, -0.25) is 9.59 Å². The van der Waals surface area contributed by atoms with Crippen LogP contribution >= 0.6 is 11.6 Å². The molecule has 29 heavy (non-hydrogen) atoms. The summed E-state index contributed by atoms with van der Waals surface area (Å²) in [5.41, 5.74) is 2.35. The van der Waals surface area contributed by atoms with Gasteiger partial charge in [0.1, 0.15) is 5.58 Å². The van der Waals surface area contributed by atoms with Crippen LogP contribution in [-0.2, 0) is 6.54 Å². The second kappa shape index (κ2) is 6.90. The molecule has 0 bridgehead atoms. The number of fused-ring (bicyclic) bond motifs is 2. The van der Waals surface area contributed by atoms with Crippen LogP contribution in [0.25, 0.3) is 11.0 Å². The van der Waals surface area contributed by atoms with E-state index < -0.39 is 6.04 Å². The van der Waals surface area contributed by atoms with Crippen LogP contribution in [0.4, 0.5) is 0 Å². The van der Waals surface area contributed by atoms with Gasteiger partial charge < -0.3 is 9.32 Å². The average Bonchev–Trinajstić information content (AvgIpc) is 3.01. The third-order valence-corrected chi connectivity index (χ3v) is 5.47. The zero-order valence-corrected chi connectivity index (χ0v) is 16.1. The molecular formula is C24H16ClNO3. The quantitative estimate of drug-likeness (QED) is 0.474. The van der Waals surface area contributed by atoms with Gasteiger partial charge >= 0.3 is 0 Å². The lowest BCUT2D eigenvalue weighted by Crippen LogP contribution is -2.29. The van der Waals surface area contributed by atoms with Crippen molar-refractivity contribution in [2.24, 2.45) is 0 Å². The largest absolute Gasteiger partial charge is 0.450 e. The predicted molar refractivity (Wildman–Crippen MR) is 112 cm³/mol. The Morgan fingerprint density at radius 2 is 1.66 bits per heavy atom. The lowest BCUT2D eigenvalue weighted by atomic mass is 9.98. The number of rotatable bonds is 3. The number of carbonyl (C=O) groups excluding carboxylic acids is 1. The van der Waals surface area contributed by atoms with E-state index in [1.807, 2.05) is 42.5 Å². The highest BCUT2D eigenvalue weighted by atomic mass is 35.5. The van der Waals surface area contributed by atoms with E-state index in [1.165, 1.54) is 0 Å². The number of benzene rings is 3. The molecule has 1 aliphatic rings. The topological polar surface area (TPSA) is 50.5 Å². The molecule has 3 aromatic carbocycles. The highest BCUT2D eigenvalue weighted by Crippen LogP contribution is 2.39. The average molecular weight is 402 g/mol. The fourth-order valence-electron chi connectivity index (χ4n) is 3.93. The molecule has 1 aliphatic heterocycles. The Balaban J connectivity index is 1.74. The van der Waals surface area contributed by atoms with Gasteiger partial charge in [0.2, 0.25) is 5.76 Å². The van der Waals surface area contributed by atoms with Crippen molar-refractivity contribution in [1.82, 2.24) is 4.90 Å². The SMILES string of the molecule is O=C1c2oc3ccccc3c(=O)c2C(c2cccc(Cl)c2)N1Cc1ccccc1. The minimum Gasteiger partial charge on any atom is -0.450 e. The summed E-state index contributed by atoms with van der Waals surface area (Å²) in [5, 5.41) is 1.01. The third kappa shape index (κ3) is 2.93. The third-order valence-electron chi connectivity index (χ3n) is 5.23. The normalized spacial score (nSPS) is 15.7. The van der Waals surface area contributed by atoms with E-state index in [0.717, 1.165) is 11.1 Å². The van der Waals surface area contributed by atoms with Crippen molar-refractivity contribution in [2.45, 2.75) is 12.6 Å². The van der Waals surface area contributed by atoms with Crippen LogP contribution < -0.4 is 5.43 Å². The van der Waals surface area contributed by atoms with Gasteiger partial charge in [-0.25, -0.2) is 0 Å². The number of halogens is 1. The molecule has 0 aliphatic carbocycles. The second-order valence-electron chi connectivity index (χ2n) is 7.05. The highest BCUT2D eigenvalue weighted by Gasteiger charge is 2.42. The summed E-state index contributed by atoms with van der Waals surface area (Å²) in [6.07, 6.45) is 0. The maximum atomic E-state index is 13.4. The summed E-state index contributed by atoms with van der Waals surface area (Å²) in [6.45, 7) is 0.358. The van der Waals surface area contributed by atoms with Gasteiger partial charge in [0, 0.05) is 11.6 Å². The lowest BCUT2D eigenvalue weighted by Gasteiger charge is -2.25. The summed E-state index contributed by atoms with van der Waals surface area (Å²) in [6, 6.07) is 23.4. The summed E-state index contributed by atoms with van der Waals surface area (Å²) < 4.78 is 5.92. The molecule has 4 nitrogen and oxygen atoms in total. The molecule has 4 aromatic rings. The van der Waals surface area contributed by atoms with Crippen LogP contribution in [0.5, 0.6) is 0 Å². The maximum Gasteiger partial charge on any atom is 0.291 e. The highest BCUT2D eigenvalue weighted by molar-refractivity contribution is 6.30. The zero-order valence-electron chi connectivity index (χ0n) is 15.3. The van der Waals surface area contributed by atoms with E-state index in [4.69, 9.17) is 16.0 Å². The van der Waals surface area contributed by atoms with E-state index in [-0.39, 0.29) is 17.1 Å². The van der Waals surface area contributed by atoms with Crippen LogP contribution in [0.3, 0.4) is 0 Å². The first kappa shape index (κ1) is 17.7. The van der Waals surface area contributed by atoms with Gasteiger partial charge in [-0.15, -0.1) is 0 Å². The van der Waals surface area contributed by atoms with E-state index in [2.05, 4.69) is 0 Å². The van der Waals surface area contributed by atoms with Gasteiger partial charge in [0.15, 0.2) is 5.43 Å². The molecule has 1 amide bonds. The van der Waals surface area contributed by atoms with Gasteiger partial charge in [-0.05, 0) is 35.4 Å². The van der Waals surface area contributed by atoms with E-state index in [9.17, 15) is 9.59 Å². The molecule has 0 fully saturated rings. The molecule has 0 radical (unpaired) electrons. The van der Waals surface area contributed by atoms with Gasteiger partial charge in [0.05, 0.1) is 17.0 Å². The number of nitrogens with zero attached hydrogens (tertiary/aromatic N) is 1. The van der Waals surface area contributed by atoms with Crippen molar-refractivity contribution in [1.29, 1.82) is 0 Å². The Bertz CT molecular complexity index is 1300. The molecule has 1 unspecified atom stereocenters. The summed E-state index contributed by atoms with van der Waals surface area (Å²) in [4.78, 5) is 28.4. The summed E-state index contributed by atoms with van der Waals surface area (Å²) in [5.74, 6) is -0.189. The Morgan fingerprint density at radius 1 is 0.897 bits per heavy atom. The summed E-state index contributed by atoms with van der Waals surface area (Å²) in [7, 11) is 0. The molecule has 0 saturated carbocycles. The molecule has 5 rings (SSSR count). The number of amides is 1. The van der Waals surface area contributed by atoms with Crippen molar-refractivity contribution >= 4 is 28.5 Å². The number of para-hydroxylation sites is 1. The molecule has 1 atom stereocenters. The minimum atomic E-state index is -0.558. The van der Waals surface area contributed by atoms with Crippen LogP contribution in [0.15, 0.2) is 88.1 Å². The second-order valence-corrected chi connectivity index (χ2v) is 7.48. The van der Waals surface area contributed by atoms with E-state index in [0.29, 0.717) is 28.1 Å². The van der Waals surface area contributed by atoms with Crippen molar-refractivity contribution in [3.63, 3.8) is 0 Å². The number of carbonyl (C=O) groups is 1. The fraction of sp³-hybridized carbons (Fsp3) is 0.0833. The molecule has 0 saturated heterocycles. The minimum absolute atomic E-state index is 0.106. The van der Waals surface area contributed by atoms with E-state index in [1.54, 1.807) is 41.3 Å². The number of hydrogen-bond donors (Lipinski definition) is 0. The first-order valence-corrected chi connectivity index (χ1v) is 9.67. The van der Waals surface area contributed by atoms with Crippen LogP contribution in [0.2, 0.25) is 5.02 Å². The Kier molecular flexibility index (Phi) is 4.22. The van der Waals surface area contributed by atoms with Crippen molar-refractivity contribution in [2.75, 3.05) is 0 Å². The van der Waals surface area contributed by atoms with Crippen molar-refractivity contribution < 1.29 is 9.21 Å². The van der Waals surface area contributed by atoms with Crippen molar-refractivity contribution in [3.05, 3.63) is 117 Å². The van der Waals surface area contributed by atoms with Gasteiger partial charge in [-0.2, -0.15) is 0 Å². The first-order chi connectivity index (χ1) is 14.1. The molecule has 0 spiro atoms. The molecule has 2 heterocycles. The fourth-order valence-corrected chi connectivity index (χ4v) is 4.13. The molecule has 0 N–H and O–H groups in total. The molecule has 142 valence electrons. The lowest BCUT2D eigenvalue weighted by molar-refractivity contribution is 0.0714. The van der Waals surface area contributed by atoms with Crippen LogP contribution in [-0.4, -0.2) is 10.8 Å². The molecule has 5 heteroatoms. The predicted octanol–water partition coefficient (Wildman–Crippen LogP) is 5.19. The molecular weight excluding hydrogens is 386 g/mol. The Morgan fingerprint density at radius 3 is 2.45 bits per heavy atom. The smallest absolute Gasteiger partial charge is 0.291 e. The van der Waals surface area contributed by atoms with Crippen molar-refractivity contribution in [3.8, 4) is 0 Å². The van der Waals surface area contributed by atoms with Crippen LogP contribution in [0, 0.1) is 0 Å². The molecule has 1 aromatic heterocycles. The maximum absolute atomic E-state index is 13.4. The monoisotopic (exact) mass is 401 g/mol. The Hall–Kier alpha value is -3.37. The Labute approximate surface area is 172 Å². The standard InChI is InChI=1S/C24H16ClNO3/c25-17-10-6-9-16(13-17)21-20-22(27)18-11-4-5-12-19(18)29-23(20)24(28)26(21)14-15-7-2-1-3-8-15/h1-13,21H,14H2. The van der Waals surface area contributed by atoms with E-state index >= 15 is 0 Å². The summed E-state index contributed by atoms with van der Waals surface area (Å²) >= 11 is 6.22.